The quantitative estimate of drug-likeness (QED) is 0.312. The van der Waals surface area contributed by atoms with E-state index in [1.165, 1.54) is 12.1 Å². The van der Waals surface area contributed by atoms with Crippen LogP contribution >= 0.6 is 0 Å². The predicted molar refractivity (Wildman–Crippen MR) is 115 cm³/mol. The summed E-state index contributed by atoms with van der Waals surface area (Å²) >= 11 is 0. The molecule has 0 spiro atoms. The Bertz CT molecular complexity index is 1150. The molecule has 2 bridgehead atoms. The Labute approximate surface area is 188 Å². The molecule has 7 unspecified atom stereocenters. The van der Waals surface area contributed by atoms with Gasteiger partial charge in [-0.1, -0.05) is 30.3 Å². The Hall–Kier alpha value is -3.75. The van der Waals surface area contributed by atoms with Crippen molar-refractivity contribution in [3.05, 3.63) is 70.3 Å². The number of piperidine rings is 1. The topological polar surface area (TPSA) is 121 Å². The Morgan fingerprint density at radius 1 is 1.00 bits per heavy atom. The molecule has 4 aliphatic rings. The molecule has 33 heavy (non-hydrogen) atoms. The number of carbonyl (C=O) groups is 3. The van der Waals surface area contributed by atoms with Crippen LogP contribution < -0.4 is 4.90 Å². The maximum Gasteiger partial charge on any atom is 0.327 e. The maximum absolute atomic E-state index is 13.4. The standard InChI is InChI=1S/C24H21N3O6/c28-22-18-15-11-16(21-20(15)25(21)13-6-8-14(9-7-13)27(32)33)19(18)23(29)26(22)17(24(30)31)10-12-4-2-1-3-5-12/h1-9,15-21H,10-11H2,(H,30,31). The smallest absolute Gasteiger partial charge is 0.327 e. The molecule has 1 N–H and O–H groups in total. The zero-order valence-corrected chi connectivity index (χ0v) is 17.5. The fourth-order valence-electron chi connectivity index (χ4n) is 6.66. The van der Waals surface area contributed by atoms with Gasteiger partial charge in [0.05, 0.1) is 28.8 Å². The summed E-state index contributed by atoms with van der Waals surface area (Å²) in [5.74, 6) is -2.88. The Kier molecular flexibility index (Phi) is 4.14. The number of carbonyl (C=O) groups excluding carboxylic acids is 2. The van der Waals surface area contributed by atoms with Crippen molar-refractivity contribution in [1.82, 2.24) is 4.90 Å². The maximum atomic E-state index is 13.4. The highest BCUT2D eigenvalue weighted by molar-refractivity contribution is 6.09. The number of hydrogen-bond donors (Lipinski definition) is 1. The summed E-state index contributed by atoms with van der Waals surface area (Å²) in [6, 6.07) is 14.4. The van der Waals surface area contributed by atoms with Crippen LogP contribution in [-0.2, 0) is 20.8 Å². The second kappa shape index (κ2) is 6.87. The van der Waals surface area contributed by atoms with E-state index in [0.717, 1.165) is 22.6 Å². The minimum atomic E-state index is -1.21. The molecule has 6 rings (SSSR count). The molecule has 2 aromatic carbocycles. The van der Waals surface area contributed by atoms with Gasteiger partial charge in [0.25, 0.3) is 5.69 Å². The van der Waals surface area contributed by atoms with Gasteiger partial charge in [0.1, 0.15) is 6.04 Å². The van der Waals surface area contributed by atoms with Crippen molar-refractivity contribution in [2.24, 2.45) is 23.7 Å². The van der Waals surface area contributed by atoms with Crippen LogP contribution in [0.4, 0.5) is 11.4 Å². The molecule has 0 aromatic heterocycles. The van der Waals surface area contributed by atoms with Crippen LogP contribution in [0, 0.1) is 33.8 Å². The monoisotopic (exact) mass is 447 g/mol. The third-order valence-corrected chi connectivity index (χ3v) is 7.91. The van der Waals surface area contributed by atoms with Gasteiger partial charge in [-0.25, -0.2) is 4.79 Å². The summed E-state index contributed by atoms with van der Waals surface area (Å²) < 4.78 is 0. The number of non-ortho nitro benzene ring substituents is 1. The van der Waals surface area contributed by atoms with E-state index in [-0.39, 0.29) is 47.8 Å². The lowest BCUT2D eigenvalue weighted by Gasteiger charge is -2.25. The van der Waals surface area contributed by atoms with E-state index < -0.39 is 28.8 Å². The second-order valence-corrected chi connectivity index (χ2v) is 9.37. The first-order valence-corrected chi connectivity index (χ1v) is 11.0. The number of nitrogens with zero attached hydrogens (tertiary/aromatic N) is 3. The first kappa shape index (κ1) is 19.9. The second-order valence-electron chi connectivity index (χ2n) is 9.37. The number of hydrogen-bond acceptors (Lipinski definition) is 6. The lowest BCUT2D eigenvalue weighted by molar-refractivity contribution is -0.384. The van der Waals surface area contributed by atoms with Crippen molar-refractivity contribution in [2.45, 2.75) is 31.0 Å². The number of rotatable bonds is 6. The van der Waals surface area contributed by atoms with Crippen molar-refractivity contribution >= 4 is 29.2 Å². The molecule has 2 saturated heterocycles. The van der Waals surface area contributed by atoms with Crippen molar-refractivity contribution < 1.29 is 24.4 Å². The molecule has 2 aliphatic heterocycles. The average Bonchev–Trinajstić information content (AvgIpc) is 3.15. The first-order chi connectivity index (χ1) is 15.9. The van der Waals surface area contributed by atoms with Gasteiger partial charge in [0.2, 0.25) is 11.8 Å². The molecule has 2 aromatic rings. The molecular formula is C24H21N3O6. The predicted octanol–water partition coefficient (Wildman–Crippen LogP) is 2.10. The van der Waals surface area contributed by atoms with Gasteiger partial charge in [0, 0.05) is 24.2 Å². The summed E-state index contributed by atoms with van der Waals surface area (Å²) in [7, 11) is 0. The highest BCUT2D eigenvalue weighted by Crippen LogP contribution is 2.66. The number of nitro benzene ring substituents is 1. The molecule has 2 heterocycles. The van der Waals surface area contributed by atoms with Crippen LogP contribution in [0.25, 0.3) is 0 Å². The number of amides is 2. The molecule has 2 amide bonds. The van der Waals surface area contributed by atoms with E-state index in [2.05, 4.69) is 4.90 Å². The number of carboxylic acid groups (broad SMARTS) is 1. The summed E-state index contributed by atoms with van der Waals surface area (Å²) in [5, 5.41) is 20.8. The van der Waals surface area contributed by atoms with Gasteiger partial charge in [-0.15, -0.1) is 0 Å². The number of imide groups is 1. The number of nitro groups is 1. The minimum Gasteiger partial charge on any atom is -0.480 e. The van der Waals surface area contributed by atoms with E-state index in [4.69, 9.17) is 0 Å². The third kappa shape index (κ3) is 2.74. The molecule has 2 saturated carbocycles. The highest BCUT2D eigenvalue weighted by Gasteiger charge is 2.76. The van der Waals surface area contributed by atoms with Crippen LogP contribution in [0.15, 0.2) is 54.6 Å². The van der Waals surface area contributed by atoms with Gasteiger partial charge in [-0.2, -0.15) is 0 Å². The van der Waals surface area contributed by atoms with Gasteiger partial charge in [-0.05, 0) is 36.0 Å². The first-order valence-electron chi connectivity index (χ1n) is 11.0. The van der Waals surface area contributed by atoms with E-state index in [0.29, 0.717) is 0 Å². The van der Waals surface area contributed by atoms with Crippen LogP contribution in [-0.4, -0.2) is 50.8 Å². The number of fused-ring (bicyclic) bond motifs is 8. The summed E-state index contributed by atoms with van der Waals surface area (Å²) in [6.45, 7) is 0. The van der Waals surface area contributed by atoms with Gasteiger partial charge in [0.15, 0.2) is 0 Å². The average molecular weight is 447 g/mol. The zero-order chi connectivity index (χ0) is 23.0. The van der Waals surface area contributed by atoms with Crippen molar-refractivity contribution in [3.63, 3.8) is 0 Å². The summed E-state index contributed by atoms with van der Waals surface area (Å²) in [5.41, 5.74) is 1.64. The van der Waals surface area contributed by atoms with Gasteiger partial charge in [-0.3, -0.25) is 24.6 Å². The minimum absolute atomic E-state index is 0.00666. The lowest BCUT2D eigenvalue weighted by atomic mass is 9.81. The number of likely N-dealkylation sites (tertiary alicyclic amines) is 1. The van der Waals surface area contributed by atoms with Crippen LogP contribution in [0.5, 0.6) is 0 Å². The number of anilines is 1. The number of carboxylic acids is 1. The van der Waals surface area contributed by atoms with E-state index >= 15 is 0 Å². The summed E-state index contributed by atoms with van der Waals surface area (Å²) in [6.07, 6.45) is 0.875. The SMILES string of the molecule is O=C(O)C(Cc1ccccc1)N1C(=O)C2C3CC(C2C1=O)C1C3N1c1ccc([N+](=O)[O-])cc1. The van der Waals surface area contributed by atoms with E-state index in [1.807, 2.05) is 6.07 Å². The molecule has 2 aliphatic carbocycles. The largest absolute Gasteiger partial charge is 0.480 e. The van der Waals surface area contributed by atoms with Gasteiger partial charge < -0.3 is 10.0 Å². The Balaban J connectivity index is 1.25. The normalized spacial score (nSPS) is 32.0. The third-order valence-electron chi connectivity index (χ3n) is 7.91. The fourth-order valence-corrected chi connectivity index (χ4v) is 6.66. The van der Waals surface area contributed by atoms with Crippen molar-refractivity contribution in [1.29, 1.82) is 0 Å². The Morgan fingerprint density at radius 2 is 1.58 bits per heavy atom. The van der Waals surface area contributed by atoms with E-state index in [1.54, 1.807) is 36.4 Å². The molecule has 7 atom stereocenters. The van der Waals surface area contributed by atoms with Crippen LogP contribution in [0.3, 0.4) is 0 Å². The van der Waals surface area contributed by atoms with Crippen LogP contribution in [0.2, 0.25) is 0 Å². The van der Waals surface area contributed by atoms with Gasteiger partial charge >= 0.3 is 5.97 Å². The lowest BCUT2D eigenvalue weighted by Crippen LogP contribution is -2.47. The van der Waals surface area contributed by atoms with Crippen molar-refractivity contribution in [3.8, 4) is 0 Å². The molecule has 4 fully saturated rings. The zero-order valence-electron chi connectivity index (χ0n) is 17.5. The fraction of sp³-hybridized carbons (Fsp3) is 0.375. The highest BCUT2D eigenvalue weighted by atomic mass is 16.6. The molecule has 9 nitrogen and oxygen atoms in total. The van der Waals surface area contributed by atoms with E-state index in [9.17, 15) is 29.6 Å². The summed E-state index contributed by atoms with van der Waals surface area (Å²) in [4.78, 5) is 52.5. The number of aliphatic carboxylic acids is 1. The molecular weight excluding hydrogens is 426 g/mol. The molecule has 9 heteroatoms. The number of benzene rings is 2. The molecule has 168 valence electrons. The molecule has 0 radical (unpaired) electrons. The van der Waals surface area contributed by atoms with Crippen molar-refractivity contribution in [2.75, 3.05) is 4.90 Å². The van der Waals surface area contributed by atoms with Crippen LogP contribution in [0.1, 0.15) is 12.0 Å². The Morgan fingerprint density at radius 3 is 2.09 bits per heavy atom.